The number of carbonyl (C=O) groups is 1. The highest BCUT2D eigenvalue weighted by molar-refractivity contribution is 5.85. The summed E-state index contributed by atoms with van der Waals surface area (Å²) in [4.78, 5) is 12.6. The van der Waals surface area contributed by atoms with Crippen LogP contribution in [-0.4, -0.2) is 34.2 Å². The number of nitrogens with zero attached hydrogens (tertiary/aromatic N) is 1. The summed E-state index contributed by atoms with van der Waals surface area (Å²) in [6, 6.07) is 9.36. The van der Waals surface area contributed by atoms with Crippen molar-refractivity contribution < 1.29 is 23.1 Å². The van der Waals surface area contributed by atoms with Gasteiger partial charge in [0.05, 0.1) is 6.04 Å². The van der Waals surface area contributed by atoms with Gasteiger partial charge in [0.2, 0.25) is 0 Å². The molecule has 1 aliphatic carbocycles. The minimum Gasteiger partial charge on any atom is -0.478 e. The fraction of sp³-hybridized carbons (Fsp3) is 0.346. The molecule has 0 amide bonds. The molecular weight excluding hydrogens is 415 g/mol. The van der Waals surface area contributed by atoms with Crippen LogP contribution in [0.15, 0.2) is 48.0 Å². The molecular formula is C26H26F3NO2. The van der Waals surface area contributed by atoms with Crippen LogP contribution in [0.2, 0.25) is 0 Å². The van der Waals surface area contributed by atoms with E-state index in [9.17, 15) is 9.18 Å². The number of alkyl halides is 1. The Balaban J connectivity index is 1.86. The molecule has 0 unspecified atom stereocenters. The first-order chi connectivity index (χ1) is 15.0. The zero-order valence-corrected chi connectivity index (χ0v) is 18.3. The lowest BCUT2D eigenvalue weighted by molar-refractivity contribution is -0.131. The summed E-state index contributed by atoms with van der Waals surface area (Å²) in [6.07, 6.45) is 3.23. The molecule has 0 spiro atoms. The van der Waals surface area contributed by atoms with Gasteiger partial charge in [0.15, 0.2) is 0 Å². The quantitative estimate of drug-likeness (QED) is 0.583. The van der Waals surface area contributed by atoms with Gasteiger partial charge in [0.25, 0.3) is 0 Å². The van der Waals surface area contributed by atoms with Crippen LogP contribution in [0.5, 0.6) is 0 Å². The van der Waals surface area contributed by atoms with Crippen molar-refractivity contribution in [3.05, 3.63) is 81.9 Å². The first kappa shape index (κ1) is 22.3. The fourth-order valence-electron chi connectivity index (χ4n) is 4.97. The van der Waals surface area contributed by atoms with Gasteiger partial charge in [-0.05, 0) is 79.7 Å². The summed E-state index contributed by atoms with van der Waals surface area (Å²) >= 11 is 0. The van der Waals surface area contributed by atoms with E-state index >= 15 is 8.78 Å². The number of carboxylic acid groups (broad SMARTS) is 1. The van der Waals surface area contributed by atoms with E-state index in [2.05, 4.69) is 0 Å². The highest BCUT2D eigenvalue weighted by Crippen LogP contribution is 2.50. The van der Waals surface area contributed by atoms with E-state index in [1.165, 1.54) is 13.8 Å². The van der Waals surface area contributed by atoms with E-state index in [0.29, 0.717) is 12.8 Å². The minimum absolute atomic E-state index is 0.0332. The maximum atomic E-state index is 15.4. The van der Waals surface area contributed by atoms with Crippen molar-refractivity contribution in [3.8, 4) is 0 Å². The van der Waals surface area contributed by atoms with E-state index in [-0.39, 0.29) is 23.7 Å². The largest absolute Gasteiger partial charge is 0.478 e. The summed E-state index contributed by atoms with van der Waals surface area (Å²) in [6.45, 7) is 4.93. The predicted molar refractivity (Wildman–Crippen MR) is 119 cm³/mol. The summed E-state index contributed by atoms with van der Waals surface area (Å²) in [7, 11) is 0. The Morgan fingerprint density at radius 3 is 2.50 bits per heavy atom. The van der Waals surface area contributed by atoms with Gasteiger partial charge >= 0.3 is 5.97 Å². The smallest absolute Gasteiger partial charge is 0.328 e. The second-order valence-electron chi connectivity index (χ2n) is 9.25. The van der Waals surface area contributed by atoms with Crippen LogP contribution in [0.1, 0.15) is 55.5 Å². The molecule has 2 aliphatic rings. The highest BCUT2D eigenvalue weighted by Gasteiger charge is 2.42. The number of halogens is 3. The molecule has 2 atom stereocenters. The number of rotatable bonds is 5. The average Bonchev–Trinajstić information content (AvgIpc) is 3.05. The zero-order chi connectivity index (χ0) is 23.2. The van der Waals surface area contributed by atoms with Crippen molar-refractivity contribution in [1.82, 2.24) is 4.90 Å². The first-order valence-electron chi connectivity index (χ1n) is 10.7. The minimum atomic E-state index is -1.55. The normalized spacial score (nSPS) is 21.2. The number of benzene rings is 2. The molecule has 2 aromatic carbocycles. The van der Waals surface area contributed by atoms with Gasteiger partial charge in [0, 0.05) is 24.2 Å². The van der Waals surface area contributed by atoms with E-state index in [1.807, 2.05) is 36.1 Å². The Bertz CT molecular complexity index is 1110. The number of hydrogen-bond donors (Lipinski definition) is 1. The third-order valence-electron chi connectivity index (χ3n) is 6.19. The molecule has 0 fully saturated rings. The van der Waals surface area contributed by atoms with Crippen LogP contribution in [0.25, 0.3) is 11.6 Å². The monoisotopic (exact) mass is 441 g/mol. The van der Waals surface area contributed by atoms with Crippen molar-refractivity contribution in [2.45, 2.75) is 51.4 Å². The second-order valence-corrected chi connectivity index (χ2v) is 9.25. The Labute approximate surface area is 185 Å². The van der Waals surface area contributed by atoms with Gasteiger partial charge in [0.1, 0.15) is 17.3 Å². The van der Waals surface area contributed by atoms with Gasteiger partial charge in [-0.25, -0.2) is 18.0 Å². The number of carboxylic acids is 1. The van der Waals surface area contributed by atoms with Crippen LogP contribution in [-0.2, 0) is 11.2 Å². The molecule has 32 heavy (non-hydrogen) atoms. The Hall–Kier alpha value is -2.86. The molecule has 0 radical (unpaired) electrons. The van der Waals surface area contributed by atoms with Crippen LogP contribution in [0, 0.1) is 11.6 Å². The Morgan fingerprint density at radius 2 is 1.88 bits per heavy atom. The topological polar surface area (TPSA) is 40.5 Å². The SMILES string of the molecule is C[C@@H]1CC2=C(Cc3ccccc32)[C@@H](c2c(F)cc(/C=C/C(=O)O)cc2F)N1CC(C)(C)F. The molecule has 0 saturated carbocycles. The van der Waals surface area contributed by atoms with E-state index < -0.39 is 29.3 Å². The average molecular weight is 441 g/mol. The van der Waals surface area contributed by atoms with Crippen LogP contribution < -0.4 is 0 Å². The standard InChI is InChI=1S/C26H26F3NO2/c1-15-10-19-18-7-5-4-6-17(18)13-20(19)25(30(15)14-26(2,3)29)24-21(27)11-16(12-22(24)28)8-9-23(31)32/h4-9,11-12,15,25H,10,13-14H2,1-3H3,(H,31,32)/b9-8+/t15-,25+/m1/s1. The third kappa shape index (κ3) is 4.24. The van der Waals surface area contributed by atoms with E-state index in [1.54, 1.807) is 0 Å². The Kier molecular flexibility index (Phi) is 5.76. The number of aliphatic carboxylic acids is 1. The molecule has 0 bridgehead atoms. The van der Waals surface area contributed by atoms with Crippen LogP contribution in [0.4, 0.5) is 13.2 Å². The highest BCUT2D eigenvalue weighted by atomic mass is 19.1. The molecule has 4 rings (SSSR count). The second kappa shape index (κ2) is 8.24. The maximum absolute atomic E-state index is 15.4. The van der Waals surface area contributed by atoms with Gasteiger partial charge in [-0.2, -0.15) is 0 Å². The van der Waals surface area contributed by atoms with Crippen molar-refractivity contribution in [3.63, 3.8) is 0 Å². The molecule has 0 aromatic heterocycles. The van der Waals surface area contributed by atoms with Crippen molar-refractivity contribution >= 4 is 17.6 Å². The zero-order valence-electron chi connectivity index (χ0n) is 18.3. The molecule has 3 nitrogen and oxygen atoms in total. The molecule has 168 valence electrons. The molecule has 2 aromatic rings. The summed E-state index contributed by atoms with van der Waals surface area (Å²) in [5, 5.41) is 8.81. The van der Waals surface area contributed by atoms with Gasteiger partial charge in [-0.1, -0.05) is 24.3 Å². The van der Waals surface area contributed by atoms with Crippen molar-refractivity contribution in [1.29, 1.82) is 0 Å². The van der Waals surface area contributed by atoms with Crippen molar-refractivity contribution in [2.75, 3.05) is 6.54 Å². The lowest BCUT2D eigenvalue weighted by Gasteiger charge is -2.44. The first-order valence-corrected chi connectivity index (χ1v) is 10.7. The molecule has 1 N–H and O–H groups in total. The molecule has 0 saturated heterocycles. The third-order valence-corrected chi connectivity index (χ3v) is 6.19. The summed E-state index contributed by atoms with van der Waals surface area (Å²) in [5.74, 6) is -2.73. The number of hydrogen-bond acceptors (Lipinski definition) is 2. The lowest BCUT2D eigenvalue weighted by atomic mass is 9.83. The summed E-state index contributed by atoms with van der Waals surface area (Å²) < 4.78 is 45.5. The van der Waals surface area contributed by atoms with E-state index in [0.717, 1.165) is 46.6 Å². The van der Waals surface area contributed by atoms with Gasteiger partial charge in [-0.15, -0.1) is 0 Å². The van der Waals surface area contributed by atoms with E-state index in [4.69, 9.17) is 5.11 Å². The lowest BCUT2D eigenvalue weighted by Crippen LogP contribution is -2.47. The molecule has 1 heterocycles. The Morgan fingerprint density at radius 1 is 1.22 bits per heavy atom. The predicted octanol–water partition coefficient (Wildman–Crippen LogP) is 5.96. The summed E-state index contributed by atoms with van der Waals surface area (Å²) in [5.41, 5.74) is 2.65. The maximum Gasteiger partial charge on any atom is 0.328 e. The van der Waals surface area contributed by atoms with Crippen LogP contribution in [0.3, 0.4) is 0 Å². The van der Waals surface area contributed by atoms with Crippen molar-refractivity contribution in [2.24, 2.45) is 0 Å². The molecule has 6 heteroatoms. The number of fused-ring (bicyclic) bond motifs is 2. The molecule has 1 aliphatic heterocycles. The van der Waals surface area contributed by atoms with Crippen LogP contribution >= 0.6 is 0 Å². The van der Waals surface area contributed by atoms with Gasteiger partial charge < -0.3 is 5.11 Å². The van der Waals surface area contributed by atoms with Gasteiger partial charge in [-0.3, -0.25) is 4.90 Å². The fourth-order valence-corrected chi connectivity index (χ4v) is 4.97.